The monoisotopic (exact) mass is 269 g/mol. The number of aromatic nitrogens is 3. The van der Waals surface area contributed by atoms with E-state index in [2.05, 4.69) is 25.9 Å². The summed E-state index contributed by atoms with van der Waals surface area (Å²) in [7, 11) is 0. The minimum absolute atomic E-state index is 0.160. The van der Waals surface area contributed by atoms with E-state index < -0.39 is 11.5 Å². The molecule has 0 bridgehead atoms. The van der Waals surface area contributed by atoms with Crippen molar-refractivity contribution in [2.75, 3.05) is 0 Å². The number of hydrogen-bond donors (Lipinski definition) is 1. The number of carbonyl (C=O) groups is 1. The lowest BCUT2D eigenvalue weighted by molar-refractivity contribution is 0.0694. The summed E-state index contributed by atoms with van der Waals surface area (Å²) in [6, 6.07) is 0. The minimum atomic E-state index is -1.30. The molecule has 0 aliphatic carbocycles. The molecule has 0 unspecified atom stereocenters. The van der Waals surface area contributed by atoms with Crippen molar-refractivity contribution in [2.45, 2.75) is 0 Å². The van der Waals surface area contributed by atoms with E-state index in [0.29, 0.717) is 4.47 Å². The Bertz CT molecular complexity index is 608. The molecule has 15 heavy (non-hydrogen) atoms. The highest BCUT2D eigenvalue weighted by molar-refractivity contribution is 9.10. The second kappa shape index (κ2) is 3.43. The molecule has 2 aromatic rings. The summed E-state index contributed by atoms with van der Waals surface area (Å²) in [5, 5.41) is 8.71. The Balaban J connectivity index is 2.89. The molecule has 2 aromatic heterocycles. The Morgan fingerprint density at radius 1 is 1.40 bits per heavy atom. The molecule has 0 aliphatic heterocycles. The van der Waals surface area contributed by atoms with E-state index in [1.54, 1.807) is 0 Å². The van der Waals surface area contributed by atoms with Crippen molar-refractivity contribution in [3.63, 3.8) is 0 Å². The van der Waals surface area contributed by atoms with Gasteiger partial charge >= 0.3 is 5.97 Å². The molecule has 0 radical (unpaired) electrons. The van der Waals surface area contributed by atoms with Crippen molar-refractivity contribution in [2.24, 2.45) is 0 Å². The number of nitrogens with zero attached hydrogens (tertiary/aromatic N) is 3. The number of aromatic carboxylic acids is 1. The lowest BCUT2D eigenvalue weighted by atomic mass is 10.3. The van der Waals surface area contributed by atoms with Crippen molar-refractivity contribution in [3.05, 3.63) is 39.0 Å². The zero-order valence-corrected chi connectivity index (χ0v) is 8.80. The quantitative estimate of drug-likeness (QED) is 0.817. The van der Waals surface area contributed by atoms with Crippen LogP contribution in [-0.4, -0.2) is 25.4 Å². The van der Waals surface area contributed by atoms with Gasteiger partial charge in [-0.15, -0.1) is 0 Å². The molecule has 0 saturated heterocycles. The van der Waals surface area contributed by atoms with Gasteiger partial charge in [0.15, 0.2) is 0 Å². The van der Waals surface area contributed by atoms with Gasteiger partial charge in [0.2, 0.25) is 5.78 Å². The SMILES string of the molecule is O=C(O)c1cnc2ncc(Br)cn2c1=O. The fourth-order valence-corrected chi connectivity index (χ4v) is 1.40. The predicted molar refractivity (Wildman–Crippen MR) is 53.9 cm³/mol. The summed E-state index contributed by atoms with van der Waals surface area (Å²) in [5.74, 6) is -1.14. The van der Waals surface area contributed by atoms with Crippen molar-refractivity contribution >= 4 is 27.7 Å². The maximum absolute atomic E-state index is 11.6. The predicted octanol–water partition coefficient (Wildman–Crippen LogP) is 0.550. The second-order valence-electron chi connectivity index (χ2n) is 2.72. The minimum Gasteiger partial charge on any atom is -0.477 e. The molecule has 0 amide bonds. The van der Waals surface area contributed by atoms with Gasteiger partial charge in [-0.05, 0) is 15.9 Å². The smallest absolute Gasteiger partial charge is 0.342 e. The Hall–Kier alpha value is -1.76. The average Bonchev–Trinajstić information content (AvgIpc) is 2.19. The van der Waals surface area contributed by atoms with Crippen LogP contribution in [0.3, 0.4) is 0 Å². The number of halogens is 1. The van der Waals surface area contributed by atoms with Gasteiger partial charge in [-0.2, -0.15) is 0 Å². The zero-order valence-electron chi connectivity index (χ0n) is 7.22. The van der Waals surface area contributed by atoms with Crippen LogP contribution < -0.4 is 5.56 Å². The van der Waals surface area contributed by atoms with Gasteiger partial charge in [-0.3, -0.25) is 4.79 Å². The first-order valence-electron chi connectivity index (χ1n) is 3.86. The standard InChI is InChI=1S/C8H4BrN3O3/c9-4-1-10-8-11-2-5(7(14)15)6(13)12(8)3-4/h1-3H,(H,14,15). The molecule has 0 aliphatic rings. The number of carboxylic acids is 1. The number of fused-ring (bicyclic) bond motifs is 1. The van der Waals surface area contributed by atoms with E-state index in [1.165, 1.54) is 12.4 Å². The number of rotatable bonds is 1. The van der Waals surface area contributed by atoms with Crippen LogP contribution in [0.4, 0.5) is 0 Å². The fraction of sp³-hybridized carbons (Fsp3) is 0. The Morgan fingerprint density at radius 3 is 2.73 bits per heavy atom. The third-order valence-electron chi connectivity index (χ3n) is 1.76. The topological polar surface area (TPSA) is 84.6 Å². The molecule has 0 spiro atoms. The molecular weight excluding hydrogens is 266 g/mol. The zero-order chi connectivity index (χ0) is 11.0. The summed E-state index contributed by atoms with van der Waals surface area (Å²) in [4.78, 5) is 29.9. The highest BCUT2D eigenvalue weighted by Gasteiger charge is 2.11. The van der Waals surface area contributed by atoms with Gasteiger partial charge < -0.3 is 5.11 Å². The molecule has 76 valence electrons. The lowest BCUT2D eigenvalue weighted by Gasteiger charge is -2.00. The van der Waals surface area contributed by atoms with Crippen LogP contribution in [0.25, 0.3) is 5.78 Å². The molecule has 6 nitrogen and oxygen atoms in total. The fourth-order valence-electron chi connectivity index (χ4n) is 1.09. The summed E-state index contributed by atoms with van der Waals surface area (Å²) >= 11 is 3.13. The maximum atomic E-state index is 11.6. The van der Waals surface area contributed by atoms with Crippen LogP contribution in [0.5, 0.6) is 0 Å². The molecular formula is C8H4BrN3O3. The van der Waals surface area contributed by atoms with Gasteiger partial charge in [-0.1, -0.05) is 0 Å². The molecule has 2 rings (SSSR count). The van der Waals surface area contributed by atoms with E-state index in [9.17, 15) is 9.59 Å². The van der Waals surface area contributed by atoms with E-state index in [1.807, 2.05) is 0 Å². The van der Waals surface area contributed by atoms with Crippen molar-refractivity contribution in [3.8, 4) is 0 Å². The van der Waals surface area contributed by atoms with Crippen molar-refractivity contribution in [1.82, 2.24) is 14.4 Å². The van der Waals surface area contributed by atoms with Gasteiger partial charge in [0.05, 0.1) is 10.7 Å². The first kappa shape index (κ1) is 9.78. The highest BCUT2D eigenvalue weighted by Crippen LogP contribution is 2.06. The molecule has 0 fully saturated rings. The van der Waals surface area contributed by atoms with Crippen LogP contribution in [-0.2, 0) is 0 Å². The molecule has 2 heterocycles. The van der Waals surface area contributed by atoms with Crippen molar-refractivity contribution in [1.29, 1.82) is 0 Å². The first-order chi connectivity index (χ1) is 7.09. The van der Waals surface area contributed by atoms with Crippen LogP contribution in [0, 0.1) is 0 Å². The Kier molecular flexibility index (Phi) is 2.24. The van der Waals surface area contributed by atoms with Crippen molar-refractivity contribution < 1.29 is 9.90 Å². The number of carboxylic acid groups (broad SMARTS) is 1. The molecule has 0 saturated carbocycles. The second-order valence-corrected chi connectivity index (χ2v) is 3.64. The molecule has 7 heteroatoms. The molecule has 0 aromatic carbocycles. The van der Waals surface area contributed by atoms with Gasteiger partial charge in [0, 0.05) is 12.4 Å². The summed E-state index contributed by atoms with van der Waals surface area (Å²) in [6.07, 6.45) is 3.90. The van der Waals surface area contributed by atoms with Crippen LogP contribution in [0.15, 0.2) is 27.9 Å². The van der Waals surface area contributed by atoms with Gasteiger partial charge in [0.1, 0.15) is 5.56 Å². The van der Waals surface area contributed by atoms with E-state index in [4.69, 9.17) is 5.11 Å². The molecule has 0 atom stereocenters. The summed E-state index contributed by atoms with van der Waals surface area (Å²) in [6.45, 7) is 0. The van der Waals surface area contributed by atoms with E-state index >= 15 is 0 Å². The first-order valence-corrected chi connectivity index (χ1v) is 4.65. The normalized spacial score (nSPS) is 10.5. The largest absolute Gasteiger partial charge is 0.477 e. The maximum Gasteiger partial charge on any atom is 0.342 e. The third kappa shape index (κ3) is 1.61. The Labute approximate surface area is 91.3 Å². The lowest BCUT2D eigenvalue weighted by Crippen LogP contribution is -2.23. The average molecular weight is 270 g/mol. The van der Waals surface area contributed by atoms with E-state index in [-0.39, 0.29) is 11.3 Å². The number of hydrogen-bond acceptors (Lipinski definition) is 4. The third-order valence-corrected chi connectivity index (χ3v) is 2.17. The van der Waals surface area contributed by atoms with Crippen LogP contribution in [0.2, 0.25) is 0 Å². The highest BCUT2D eigenvalue weighted by atomic mass is 79.9. The van der Waals surface area contributed by atoms with Crippen LogP contribution >= 0.6 is 15.9 Å². The van der Waals surface area contributed by atoms with Gasteiger partial charge in [0.25, 0.3) is 5.56 Å². The Morgan fingerprint density at radius 2 is 2.07 bits per heavy atom. The van der Waals surface area contributed by atoms with Crippen LogP contribution in [0.1, 0.15) is 10.4 Å². The van der Waals surface area contributed by atoms with E-state index in [0.717, 1.165) is 10.6 Å². The molecule has 1 N–H and O–H groups in total. The van der Waals surface area contributed by atoms with Gasteiger partial charge in [-0.25, -0.2) is 19.2 Å². The summed E-state index contributed by atoms with van der Waals surface area (Å²) < 4.78 is 1.65. The summed E-state index contributed by atoms with van der Waals surface area (Å²) in [5.41, 5.74) is -1.03.